The van der Waals surface area contributed by atoms with Crippen LogP contribution in [-0.2, 0) is 4.79 Å². The van der Waals surface area contributed by atoms with E-state index >= 15 is 0 Å². The number of ether oxygens (including phenoxy) is 1. The van der Waals surface area contributed by atoms with Gasteiger partial charge in [0.05, 0.1) is 14.3 Å². The van der Waals surface area contributed by atoms with E-state index in [4.69, 9.17) is 9.84 Å². The number of hydrazone groups is 1. The van der Waals surface area contributed by atoms with Crippen LogP contribution < -0.4 is 15.5 Å². The molecule has 27 heavy (non-hydrogen) atoms. The van der Waals surface area contributed by atoms with Crippen molar-refractivity contribution in [3.05, 3.63) is 54.0 Å². The van der Waals surface area contributed by atoms with Crippen LogP contribution in [0.5, 0.6) is 5.75 Å². The lowest BCUT2D eigenvalue weighted by molar-refractivity contribution is -0.139. The highest BCUT2D eigenvalue weighted by Crippen LogP contribution is 2.31. The molecule has 0 heterocycles. The first-order valence-electron chi connectivity index (χ1n) is 7.46. The summed E-state index contributed by atoms with van der Waals surface area (Å²) in [6.07, 6.45) is 1.47. The number of carbonyl (C=O) groups is 2. The zero-order valence-corrected chi connectivity index (χ0v) is 19.3. The third-order valence-corrected chi connectivity index (χ3v) is 5.44. The minimum Gasteiger partial charge on any atom is -0.480 e. The van der Waals surface area contributed by atoms with Crippen LogP contribution in [0.2, 0.25) is 0 Å². The average Bonchev–Trinajstić information content (AvgIpc) is 2.57. The van der Waals surface area contributed by atoms with Crippen molar-refractivity contribution in [3.63, 3.8) is 0 Å². The van der Waals surface area contributed by atoms with Gasteiger partial charge in [0.15, 0.2) is 6.61 Å². The molecule has 2 aromatic rings. The molecule has 2 rings (SSSR count). The van der Waals surface area contributed by atoms with Crippen molar-refractivity contribution in [2.24, 2.45) is 5.10 Å². The lowest BCUT2D eigenvalue weighted by Gasteiger charge is -2.09. The van der Waals surface area contributed by atoms with E-state index in [1.54, 1.807) is 18.2 Å². The van der Waals surface area contributed by atoms with Crippen LogP contribution in [0.15, 0.2) is 44.4 Å². The maximum atomic E-state index is 11.9. The second-order valence-electron chi connectivity index (χ2n) is 5.28. The van der Waals surface area contributed by atoms with Gasteiger partial charge in [-0.25, -0.2) is 15.0 Å². The van der Waals surface area contributed by atoms with Crippen LogP contribution in [0.1, 0.15) is 11.1 Å². The number of hydrogen-bond acceptors (Lipinski definition) is 4. The summed E-state index contributed by atoms with van der Waals surface area (Å²) in [6.45, 7) is 1.49. The highest BCUT2D eigenvalue weighted by Gasteiger charge is 2.10. The molecule has 0 aliphatic carbocycles. The normalized spacial score (nSPS) is 10.7. The fourth-order valence-corrected chi connectivity index (χ4v) is 3.99. The SMILES string of the molecule is Cc1cc(NC(=O)N/N=C/c2cc(Br)c(OCC(=O)O)c(I)c2)ccc1Br. The lowest BCUT2D eigenvalue weighted by atomic mass is 10.2. The minimum atomic E-state index is -1.06. The van der Waals surface area contributed by atoms with E-state index in [1.807, 2.05) is 41.6 Å². The number of benzene rings is 2. The molecule has 3 N–H and O–H groups in total. The Morgan fingerprint density at radius 1 is 1.26 bits per heavy atom. The van der Waals surface area contributed by atoms with Gasteiger partial charge in [-0.1, -0.05) is 15.9 Å². The topological polar surface area (TPSA) is 100 Å². The minimum absolute atomic E-state index is 0.431. The number of aliphatic carboxylic acids is 1. The molecule has 10 heteroatoms. The van der Waals surface area contributed by atoms with Gasteiger partial charge in [0.2, 0.25) is 0 Å². The molecule has 142 valence electrons. The molecule has 2 amide bonds. The predicted molar refractivity (Wildman–Crippen MR) is 119 cm³/mol. The number of rotatable bonds is 6. The summed E-state index contributed by atoms with van der Waals surface area (Å²) in [6, 6.07) is 8.45. The molecule has 0 saturated heterocycles. The summed E-state index contributed by atoms with van der Waals surface area (Å²) < 4.78 is 7.49. The van der Waals surface area contributed by atoms with E-state index in [-0.39, 0.29) is 0 Å². The van der Waals surface area contributed by atoms with Crippen LogP contribution in [-0.4, -0.2) is 29.9 Å². The average molecular weight is 611 g/mol. The monoisotopic (exact) mass is 609 g/mol. The summed E-state index contributed by atoms with van der Waals surface area (Å²) in [4.78, 5) is 22.5. The smallest absolute Gasteiger partial charge is 0.341 e. The Labute approximate surface area is 186 Å². The van der Waals surface area contributed by atoms with Crippen LogP contribution in [0.4, 0.5) is 10.5 Å². The van der Waals surface area contributed by atoms with Crippen LogP contribution in [0, 0.1) is 10.5 Å². The summed E-state index contributed by atoms with van der Waals surface area (Å²) in [5.74, 6) is -0.619. The molecule has 0 radical (unpaired) electrons. The Morgan fingerprint density at radius 3 is 2.63 bits per heavy atom. The summed E-state index contributed by atoms with van der Waals surface area (Å²) in [5, 5.41) is 15.3. The fourth-order valence-electron chi connectivity index (χ4n) is 1.97. The second-order valence-corrected chi connectivity index (χ2v) is 8.16. The first kappa shape index (κ1) is 21.6. The van der Waals surface area contributed by atoms with Gasteiger partial charge < -0.3 is 15.2 Å². The Balaban J connectivity index is 1.97. The van der Waals surface area contributed by atoms with Gasteiger partial charge >= 0.3 is 12.0 Å². The van der Waals surface area contributed by atoms with Gasteiger partial charge in [-0.3, -0.25) is 0 Å². The molecule has 0 unspecified atom stereocenters. The van der Waals surface area contributed by atoms with Crippen molar-refractivity contribution in [1.29, 1.82) is 0 Å². The maximum absolute atomic E-state index is 11.9. The quantitative estimate of drug-likeness (QED) is 0.250. The number of nitrogens with one attached hydrogen (secondary N) is 2. The second kappa shape index (κ2) is 10.0. The summed E-state index contributed by atoms with van der Waals surface area (Å²) >= 11 is 8.77. The van der Waals surface area contributed by atoms with E-state index in [9.17, 15) is 9.59 Å². The Morgan fingerprint density at radius 2 is 2.00 bits per heavy atom. The van der Waals surface area contributed by atoms with E-state index < -0.39 is 18.6 Å². The number of anilines is 1. The highest BCUT2D eigenvalue weighted by molar-refractivity contribution is 14.1. The predicted octanol–water partition coefficient (Wildman–Crippen LogP) is 4.74. The number of amides is 2. The van der Waals surface area contributed by atoms with Crippen LogP contribution in [0.3, 0.4) is 0 Å². The van der Waals surface area contributed by atoms with Crippen molar-refractivity contribution in [3.8, 4) is 5.75 Å². The van der Waals surface area contributed by atoms with Crippen molar-refractivity contribution in [1.82, 2.24) is 5.43 Å². The molecule has 0 aliphatic rings. The number of aryl methyl sites for hydroxylation is 1. The zero-order chi connectivity index (χ0) is 20.0. The van der Waals surface area contributed by atoms with Crippen molar-refractivity contribution in [2.75, 3.05) is 11.9 Å². The Bertz CT molecular complexity index is 883. The van der Waals surface area contributed by atoms with Crippen LogP contribution >= 0.6 is 54.5 Å². The number of hydrogen-bond donors (Lipinski definition) is 3. The number of carboxylic acid groups (broad SMARTS) is 1. The van der Waals surface area contributed by atoms with E-state index in [0.717, 1.165) is 10.0 Å². The standard InChI is InChI=1S/C17H14Br2IN3O4/c1-9-4-11(2-3-12(9)18)22-17(26)23-21-7-10-5-13(19)16(14(20)6-10)27-8-15(24)25/h2-7H,8H2,1H3,(H,24,25)(H2,22,23,26)/b21-7+. The third-order valence-electron chi connectivity index (χ3n) is 3.16. The van der Waals surface area contributed by atoms with Crippen LogP contribution in [0.25, 0.3) is 0 Å². The Kier molecular flexibility index (Phi) is 8.05. The number of carbonyl (C=O) groups excluding carboxylic acids is 1. The number of carboxylic acids is 1. The summed E-state index contributed by atoms with van der Waals surface area (Å²) in [7, 11) is 0. The molecular weight excluding hydrogens is 597 g/mol. The van der Waals surface area contributed by atoms with Crippen molar-refractivity contribution < 1.29 is 19.4 Å². The van der Waals surface area contributed by atoms with Crippen molar-refractivity contribution in [2.45, 2.75) is 6.92 Å². The summed E-state index contributed by atoms with van der Waals surface area (Å²) in [5.41, 5.74) is 4.75. The molecule has 0 aromatic heterocycles. The van der Waals surface area contributed by atoms with Gasteiger partial charge in [0, 0.05) is 10.2 Å². The Hall–Kier alpha value is -1.66. The first-order chi connectivity index (χ1) is 12.8. The molecule has 7 nitrogen and oxygen atoms in total. The van der Waals surface area contributed by atoms with E-state index in [2.05, 4.69) is 47.7 Å². The van der Waals surface area contributed by atoms with Gasteiger partial charge in [-0.05, 0) is 86.9 Å². The zero-order valence-electron chi connectivity index (χ0n) is 13.9. The molecule has 0 fully saturated rings. The molecule has 0 bridgehead atoms. The van der Waals surface area contributed by atoms with Gasteiger partial charge in [0.1, 0.15) is 5.75 Å². The van der Waals surface area contributed by atoms with Gasteiger partial charge in [-0.15, -0.1) is 0 Å². The number of halogens is 3. The molecule has 2 aromatic carbocycles. The first-order valence-corrected chi connectivity index (χ1v) is 10.1. The fraction of sp³-hybridized carbons (Fsp3) is 0.118. The molecular formula is C17H14Br2IN3O4. The molecule has 0 atom stereocenters. The molecule has 0 aliphatic heterocycles. The van der Waals surface area contributed by atoms with E-state index in [1.165, 1.54) is 6.21 Å². The van der Waals surface area contributed by atoms with Crippen molar-refractivity contribution >= 4 is 78.4 Å². The van der Waals surface area contributed by atoms with Gasteiger partial charge in [0.25, 0.3) is 0 Å². The number of nitrogens with zero attached hydrogens (tertiary/aromatic N) is 1. The third kappa shape index (κ3) is 6.78. The highest BCUT2D eigenvalue weighted by atomic mass is 127. The lowest BCUT2D eigenvalue weighted by Crippen LogP contribution is -2.24. The maximum Gasteiger partial charge on any atom is 0.341 e. The molecule has 0 saturated carbocycles. The number of urea groups is 1. The largest absolute Gasteiger partial charge is 0.480 e. The van der Waals surface area contributed by atoms with Gasteiger partial charge in [-0.2, -0.15) is 5.10 Å². The molecule has 0 spiro atoms. The van der Waals surface area contributed by atoms with E-state index in [0.29, 0.717) is 25.0 Å².